The minimum atomic E-state index is -0.0511. The van der Waals surface area contributed by atoms with E-state index in [1.807, 2.05) is 18.2 Å². The molecule has 2 N–H and O–H groups in total. The molecule has 2 saturated heterocycles. The van der Waals surface area contributed by atoms with Crippen molar-refractivity contribution in [3.8, 4) is 0 Å². The van der Waals surface area contributed by atoms with Crippen molar-refractivity contribution in [3.05, 3.63) is 35.4 Å². The van der Waals surface area contributed by atoms with Gasteiger partial charge in [-0.3, -0.25) is 9.79 Å². The quantitative estimate of drug-likeness (QED) is 0.621. The first-order valence-corrected chi connectivity index (χ1v) is 9.58. The summed E-state index contributed by atoms with van der Waals surface area (Å²) < 4.78 is 5.63. The van der Waals surface area contributed by atoms with Crippen molar-refractivity contribution in [2.45, 2.75) is 26.2 Å². The number of carbonyl (C=O) groups excluding carboxylic acids is 1. The lowest BCUT2D eigenvalue weighted by atomic mass is 9.87. The van der Waals surface area contributed by atoms with Crippen LogP contribution in [0.2, 0.25) is 0 Å². The molecule has 26 heavy (non-hydrogen) atoms. The second-order valence-electron chi connectivity index (χ2n) is 7.24. The Hall–Kier alpha value is -2.08. The average molecular weight is 358 g/mol. The highest BCUT2D eigenvalue weighted by atomic mass is 16.5. The normalized spacial score (nSPS) is 22.8. The molecule has 6 heteroatoms. The molecule has 1 aromatic carbocycles. The Balaban J connectivity index is 1.60. The van der Waals surface area contributed by atoms with Crippen molar-refractivity contribution in [2.75, 3.05) is 46.4 Å². The number of rotatable bonds is 5. The van der Waals surface area contributed by atoms with Crippen LogP contribution in [0.15, 0.2) is 29.3 Å². The van der Waals surface area contributed by atoms with Crippen LogP contribution in [-0.4, -0.2) is 63.2 Å². The summed E-state index contributed by atoms with van der Waals surface area (Å²) in [4.78, 5) is 19.0. The highest BCUT2D eigenvalue weighted by Crippen LogP contribution is 2.38. The average Bonchev–Trinajstić information content (AvgIpc) is 3.30. The van der Waals surface area contributed by atoms with Crippen LogP contribution in [-0.2, 0) is 11.2 Å². The summed E-state index contributed by atoms with van der Waals surface area (Å²) in [7, 11) is 1.65. The van der Waals surface area contributed by atoms with E-state index in [1.54, 1.807) is 7.05 Å². The summed E-state index contributed by atoms with van der Waals surface area (Å²) >= 11 is 0. The molecular formula is C20H30N4O2. The Kier molecular flexibility index (Phi) is 6.14. The molecule has 2 aliphatic heterocycles. The summed E-state index contributed by atoms with van der Waals surface area (Å²) in [6.45, 7) is 7.53. The number of carbonyl (C=O) groups is 1. The van der Waals surface area contributed by atoms with E-state index in [0.29, 0.717) is 17.5 Å². The topological polar surface area (TPSA) is 66.0 Å². The van der Waals surface area contributed by atoms with E-state index in [4.69, 9.17) is 9.73 Å². The molecule has 0 bridgehead atoms. The molecular weight excluding hydrogens is 328 g/mol. The number of nitrogens with one attached hydrogen (secondary N) is 2. The summed E-state index contributed by atoms with van der Waals surface area (Å²) in [5, 5.41) is 6.09. The van der Waals surface area contributed by atoms with Crippen LogP contribution < -0.4 is 10.6 Å². The summed E-state index contributed by atoms with van der Waals surface area (Å²) in [6, 6.07) is 7.76. The van der Waals surface area contributed by atoms with Gasteiger partial charge in [0.2, 0.25) is 0 Å². The van der Waals surface area contributed by atoms with Crippen LogP contribution in [0.25, 0.3) is 0 Å². The molecule has 1 amide bonds. The lowest BCUT2D eigenvalue weighted by Gasteiger charge is -2.25. The van der Waals surface area contributed by atoms with Crippen molar-refractivity contribution in [1.29, 1.82) is 0 Å². The molecule has 0 radical (unpaired) electrons. The van der Waals surface area contributed by atoms with Gasteiger partial charge in [-0.15, -0.1) is 0 Å². The van der Waals surface area contributed by atoms with Gasteiger partial charge in [0.1, 0.15) is 0 Å². The lowest BCUT2D eigenvalue weighted by molar-refractivity contribution is 0.0963. The van der Waals surface area contributed by atoms with Gasteiger partial charge in [0.15, 0.2) is 5.96 Å². The number of amides is 1. The second-order valence-corrected chi connectivity index (χ2v) is 7.24. The standard InChI is InChI=1S/C20H30N4O2/c1-3-22-19(24-11-8-20(14-24)9-12-26-15-20)23-10-7-16-5-4-6-17(13-16)18(25)21-2/h4-6,13H,3,7-12,14-15H2,1-2H3,(H,21,25)(H,22,23). The largest absolute Gasteiger partial charge is 0.381 e. The number of ether oxygens (including phenoxy) is 1. The molecule has 2 heterocycles. The Bertz CT molecular complexity index is 653. The van der Waals surface area contributed by atoms with Crippen molar-refractivity contribution in [1.82, 2.24) is 15.5 Å². The summed E-state index contributed by atoms with van der Waals surface area (Å²) in [6.07, 6.45) is 3.17. The van der Waals surface area contributed by atoms with Crippen LogP contribution >= 0.6 is 0 Å². The van der Waals surface area contributed by atoms with Crippen LogP contribution in [0.1, 0.15) is 35.7 Å². The number of hydrogen-bond donors (Lipinski definition) is 2. The van der Waals surface area contributed by atoms with Gasteiger partial charge in [-0.25, -0.2) is 0 Å². The first-order chi connectivity index (χ1) is 12.7. The second kappa shape index (κ2) is 8.54. The van der Waals surface area contributed by atoms with Gasteiger partial charge in [-0.1, -0.05) is 12.1 Å². The Labute approximate surface area is 156 Å². The number of nitrogens with zero attached hydrogens (tertiary/aromatic N) is 2. The third-order valence-corrected chi connectivity index (χ3v) is 5.34. The van der Waals surface area contributed by atoms with Crippen LogP contribution in [0, 0.1) is 5.41 Å². The number of likely N-dealkylation sites (tertiary alicyclic amines) is 1. The molecule has 6 nitrogen and oxygen atoms in total. The molecule has 3 rings (SSSR count). The van der Waals surface area contributed by atoms with Gasteiger partial charge in [0, 0.05) is 50.8 Å². The third kappa shape index (κ3) is 4.36. The number of guanidine groups is 1. The van der Waals surface area contributed by atoms with E-state index in [2.05, 4.69) is 28.5 Å². The first kappa shape index (κ1) is 18.7. The van der Waals surface area contributed by atoms with Gasteiger partial charge in [-0.05, 0) is 43.9 Å². The maximum absolute atomic E-state index is 11.8. The van der Waals surface area contributed by atoms with Crippen molar-refractivity contribution < 1.29 is 9.53 Å². The van der Waals surface area contributed by atoms with E-state index in [1.165, 1.54) is 6.42 Å². The smallest absolute Gasteiger partial charge is 0.251 e. The molecule has 2 aliphatic rings. The van der Waals surface area contributed by atoms with E-state index >= 15 is 0 Å². The summed E-state index contributed by atoms with van der Waals surface area (Å²) in [5.74, 6) is 0.948. The highest BCUT2D eigenvalue weighted by molar-refractivity contribution is 5.94. The van der Waals surface area contributed by atoms with Crippen LogP contribution in [0.5, 0.6) is 0 Å². The number of hydrogen-bond acceptors (Lipinski definition) is 3. The maximum atomic E-state index is 11.8. The predicted molar refractivity (Wildman–Crippen MR) is 104 cm³/mol. The van der Waals surface area contributed by atoms with E-state index in [9.17, 15) is 4.79 Å². The zero-order chi connectivity index (χ0) is 18.4. The SMILES string of the molecule is CCNC(=NCCc1cccc(C(=O)NC)c1)N1CCC2(CCOC2)C1. The minimum absolute atomic E-state index is 0.0511. The predicted octanol–water partition coefficient (Wildman–Crippen LogP) is 1.67. The van der Waals surface area contributed by atoms with Gasteiger partial charge in [0.05, 0.1) is 6.61 Å². The van der Waals surface area contributed by atoms with Gasteiger partial charge >= 0.3 is 0 Å². The van der Waals surface area contributed by atoms with Gasteiger partial charge in [-0.2, -0.15) is 0 Å². The third-order valence-electron chi connectivity index (χ3n) is 5.34. The van der Waals surface area contributed by atoms with Crippen LogP contribution in [0.3, 0.4) is 0 Å². The lowest BCUT2D eigenvalue weighted by Crippen LogP contribution is -2.41. The van der Waals surface area contributed by atoms with E-state index < -0.39 is 0 Å². The van der Waals surface area contributed by atoms with Crippen LogP contribution in [0.4, 0.5) is 0 Å². The molecule has 0 saturated carbocycles. The maximum Gasteiger partial charge on any atom is 0.251 e. The Morgan fingerprint density at radius 2 is 2.27 bits per heavy atom. The van der Waals surface area contributed by atoms with Crippen molar-refractivity contribution in [3.63, 3.8) is 0 Å². The monoisotopic (exact) mass is 358 g/mol. The molecule has 0 aromatic heterocycles. The zero-order valence-corrected chi connectivity index (χ0v) is 15.9. The van der Waals surface area contributed by atoms with Crippen molar-refractivity contribution in [2.24, 2.45) is 10.4 Å². The fraction of sp³-hybridized carbons (Fsp3) is 0.600. The fourth-order valence-corrected chi connectivity index (χ4v) is 3.82. The molecule has 1 aromatic rings. The molecule has 1 spiro atoms. The molecule has 142 valence electrons. The molecule has 0 aliphatic carbocycles. The summed E-state index contributed by atoms with van der Waals surface area (Å²) in [5.41, 5.74) is 2.16. The Morgan fingerprint density at radius 3 is 3.00 bits per heavy atom. The fourth-order valence-electron chi connectivity index (χ4n) is 3.82. The number of aliphatic imine (C=N–C) groups is 1. The highest BCUT2D eigenvalue weighted by Gasteiger charge is 2.42. The molecule has 1 unspecified atom stereocenters. The van der Waals surface area contributed by atoms with Gasteiger partial charge in [0.25, 0.3) is 5.91 Å². The van der Waals surface area contributed by atoms with Gasteiger partial charge < -0.3 is 20.3 Å². The van der Waals surface area contributed by atoms with Crippen molar-refractivity contribution >= 4 is 11.9 Å². The minimum Gasteiger partial charge on any atom is -0.381 e. The van der Waals surface area contributed by atoms with E-state index in [0.717, 1.165) is 57.2 Å². The molecule has 2 fully saturated rings. The first-order valence-electron chi connectivity index (χ1n) is 9.58. The number of benzene rings is 1. The molecule has 1 atom stereocenters. The zero-order valence-electron chi connectivity index (χ0n) is 15.9. The Morgan fingerprint density at radius 1 is 1.38 bits per heavy atom. The van der Waals surface area contributed by atoms with E-state index in [-0.39, 0.29) is 5.91 Å².